The summed E-state index contributed by atoms with van der Waals surface area (Å²) in [6.07, 6.45) is 8.22. The predicted molar refractivity (Wildman–Crippen MR) is 56.2 cm³/mol. The molecule has 0 aliphatic rings. The van der Waals surface area contributed by atoms with E-state index in [9.17, 15) is 0 Å². The first-order valence-corrected chi connectivity index (χ1v) is 5.64. The highest BCUT2D eigenvalue weighted by Gasteiger charge is 2.00. The summed E-state index contributed by atoms with van der Waals surface area (Å²) in [7, 11) is 0. The van der Waals surface area contributed by atoms with Crippen molar-refractivity contribution in [2.24, 2.45) is 5.92 Å². The van der Waals surface area contributed by atoms with Crippen molar-refractivity contribution in [1.82, 2.24) is 0 Å². The van der Waals surface area contributed by atoms with E-state index < -0.39 is 0 Å². The third-order valence-corrected chi connectivity index (χ3v) is 3.12. The highest BCUT2D eigenvalue weighted by molar-refractivity contribution is 7.99. The van der Waals surface area contributed by atoms with Crippen LogP contribution >= 0.6 is 11.8 Å². The van der Waals surface area contributed by atoms with Crippen molar-refractivity contribution >= 4 is 11.8 Å². The second-order valence-electron chi connectivity index (χ2n) is 3.19. The topological polar surface area (TPSA) is 0 Å². The SMILES string of the molecule is C=CC(C)CCCC(C)SC. The highest BCUT2D eigenvalue weighted by Crippen LogP contribution is 2.16. The highest BCUT2D eigenvalue weighted by atomic mass is 32.2. The Balaban J connectivity index is 3.19. The first-order chi connectivity index (χ1) is 5.20. The first kappa shape index (κ1) is 11.1. The van der Waals surface area contributed by atoms with Gasteiger partial charge in [-0.3, -0.25) is 0 Å². The summed E-state index contributed by atoms with van der Waals surface area (Å²) in [5.41, 5.74) is 0. The maximum atomic E-state index is 3.77. The lowest BCUT2D eigenvalue weighted by Crippen LogP contribution is -1.96. The minimum atomic E-state index is 0.698. The number of rotatable bonds is 6. The van der Waals surface area contributed by atoms with E-state index in [2.05, 4.69) is 26.7 Å². The lowest BCUT2D eigenvalue weighted by Gasteiger charge is -2.09. The fourth-order valence-electron chi connectivity index (χ4n) is 0.963. The third kappa shape index (κ3) is 6.49. The maximum absolute atomic E-state index is 3.77. The van der Waals surface area contributed by atoms with E-state index in [4.69, 9.17) is 0 Å². The van der Waals surface area contributed by atoms with Crippen molar-refractivity contribution in [3.8, 4) is 0 Å². The van der Waals surface area contributed by atoms with Crippen LogP contribution in [-0.4, -0.2) is 11.5 Å². The molecule has 0 rings (SSSR count). The van der Waals surface area contributed by atoms with Crippen LogP contribution in [0.1, 0.15) is 33.1 Å². The zero-order valence-corrected chi connectivity index (χ0v) is 8.79. The molecule has 66 valence electrons. The van der Waals surface area contributed by atoms with Crippen LogP contribution in [0.15, 0.2) is 12.7 Å². The van der Waals surface area contributed by atoms with Gasteiger partial charge in [0.2, 0.25) is 0 Å². The minimum Gasteiger partial charge on any atom is -0.162 e. The van der Waals surface area contributed by atoms with E-state index in [1.165, 1.54) is 19.3 Å². The van der Waals surface area contributed by atoms with Crippen LogP contribution in [0.2, 0.25) is 0 Å². The summed E-state index contributed by atoms with van der Waals surface area (Å²) in [5, 5.41) is 0.826. The molecule has 0 aliphatic heterocycles. The molecular formula is C10H20S. The van der Waals surface area contributed by atoms with Gasteiger partial charge < -0.3 is 0 Å². The van der Waals surface area contributed by atoms with Gasteiger partial charge in [-0.1, -0.05) is 26.3 Å². The molecule has 0 aromatic heterocycles. The standard InChI is InChI=1S/C10H20S/c1-5-9(2)7-6-8-10(3)11-4/h5,9-10H,1,6-8H2,2-4H3. The second-order valence-corrected chi connectivity index (χ2v) is 4.47. The molecular weight excluding hydrogens is 152 g/mol. The fourth-order valence-corrected chi connectivity index (χ4v) is 1.37. The first-order valence-electron chi connectivity index (χ1n) is 4.36. The molecule has 0 aromatic carbocycles. The van der Waals surface area contributed by atoms with E-state index in [0.29, 0.717) is 5.92 Å². The van der Waals surface area contributed by atoms with Crippen molar-refractivity contribution in [3.05, 3.63) is 12.7 Å². The zero-order valence-electron chi connectivity index (χ0n) is 7.97. The summed E-state index contributed by atoms with van der Waals surface area (Å²) in [4.78, 5) is 0. The van der Waals surface area contributed by atoms with Crippen molar-refractivity contribution in [2.75, 3.05) is 6.26 Å². The molecule has 1 heteroatoms. The summed E-state index contributed by atoms with van der Waals surface area (Å²) in [5.74, 6) is 0.698. The van der Waals surface area contributed by atoms with Gasteiger partial charge in [0.05, 0.1) is 0 Å². The Hall–Kier alpha value is 0.0900. The van der Waals surface area contributed by atoms with Crippen LogP contribution in [0.5, 0.6) is 0 Å². The number of allylic oxidation sites excluding steroid dienone is 1. The van der Waals surface area contributed by atoms with Crippen LogP contribution in [0.3, 0.4) is 0 Å². The maximum Gasteiger partial charge on any atom is 0.00159 e. The summed E-state index contributed by atoms with van der Waals surface area (Å²) in [6, 6.07) is 0. The molecule has 0 aromatic rings. The largest absolute Gasteiger partial charge is 0.162 e. The van der Waals surface area contributed by atoms with Crippen LogP contribution in [0.4, 0.5) is 0 Å². The van der Waals surface area contributed by atoms with Gasteiger partial charge in [-0.05, 0) is 25.0 Å². The minimum absolute atomic E-state index is 0.698. The molecule has 0 heterocycles. The summed E-state index contributed by atoms with van der Waals surface area (Å²) in [6.45, 7) is 8.30. The monoisotopic (exact) mass is 172 g/mol. The molecule has 0 radical (unpaired) electrons. The molecule has 0 saturated carbocycles. The van der Waals surface area contributed by atoms with Crippen molar-refractivity contribution in [2.45, 2.75) is 38.4 Å². The summed E-state index contributed by atoms with van der Waals surface area (Å²) >= 11 is 1.96. The van der Waals surface area contributed by atoms with E-state index in [-0.39, 0.29) is 0 Å². The smallest absolute Gasteiger partial charge is 0.00159 e. The average molecular weight is 172 g/mol. The van der Waals surface area contributed by atoms with Gasteiger partial charge in [0, 0.05) is 5.25 Å². The molecule has 0 fully saturated rings. The molecule has 0 nitrogen and oxygen atoms in total. The van der Waals surface area contributed by atoms with E-state index >= 15 is 0 Å². The fraction of sp³-hybridized carbons (Fsp3) is 0.800. The Kier molecular flexibility index (Phi) is 6.83. The van der Waals surface area contributed by atoms with Gasteiger partial charge in [-0.25, -0.2) is 0 Å². The average Bonchev–Trinajstić information content (AvgIpc) is 2.04. The van der Waals surface area contributed by atoms with Crippen LogP contribution in [0.25, 0.3) is 0 Å². The van der Waals surface area contributed by atoms with Crippen LogP contribution < -0.4 is 0 Å². The van der Waals surface area contributed by atoms with Gasteiger partial charge in [0.1, 0.15) is 0 Å². The molecule has 11 heavy (non-hydrogen) atoms. The molecule has 0 amide bonds. The van der Waals surface area contributed by atoms with Gasteiger partial charge in [0.25, 0.3) is 0 Å². The Labute approximate surface area is 75.5 Å². The van der Waals surface area contributed by atoms with Gasteiger partial charge in [-0.2, -0.15) is 11.8 Å². The molecule has 2 atom stereocenters. The quantitative estimate of drug-likeness (QED) is 0.550. The molecule has 2 unspecified atom stereocenters. The number of hydrogen-bond donors (Lipinski definition) is 0. The molecule has 0 N–H and O–H groups in total. The van der Waals surface area contributed by atoms with Crippen LogP contribution in [-0.2, 0) is 0 Å². The van der Waals surface area contributed by atoms with Crippen LogP contribution in [0, 0.1) is 5.92 Å². The van der Waals surface area contributed by atoms with Gasteiger partial charge in [-0.15, -0.1) is 6.58 Å². The van der Waals surface area contributed by atoms with Crippen molar-refractivity contribution < 1.29 is 0 Å². The van der Waals surface area contributed by atoms with E-state index in [1.807, 2.05) is 17.8 Å². The number of thioether (sulfide) groups is 1. The normalized spacial score (nSPS) is 15.9. The van der Waals surface area contributed by atoms with E-state index in [1.54, 1.807) is 0 Å². The van der Waals surface area contributed by atoms with Gasteiger partial charge in [0.15, 0.2) is 0 Å². The van der Waals surface area contributed by atoms with Crippen molar-refractivity contribution in [1.29, 1.82) is 0 Å². The second kappa shape index (κ2) is 6.78. The Morgan fingerprint density at radius 2 is 2.00 bits per heavy atom. The van der Waals surface area contributed by atoms with Crippen molar-refractivity contribution in [3.63, 3.8) is 0 Å². The van der Waals surface area contributed by atoms with E-state index in [0.717, 1.165) is 5.25 Å². The Bertz CT molecular complexity index is 99.0. The third-order valence-electron chi connectivity index (χ3n) is 2.07. The van der Waals surface area contributed by atoms with Gasteiger partial charge >= 0.3 is 0 Å². The molecule has 0 bridgehead atoms. The molecule has 0 spiro atoms. The molecule has 0 saturated heterocycles. The Morgan fingerprint density at radius 3 is 2.45 bits per heavy atom. The lowest BCUT2D eigenvalue weighted by atomic mass is 10.0. The summed E-state index contributed by atoms with van der Waals surface area (Å²) < 4.78 is 0. The lowest BCUT2D eigenvalue weighted by molar-refractivity contribution is 0.581. The molecule has 0 aliphatic carbocycles. The Morgan fingerprint density at radius 1 is 1.36 bits per heavy atom. The predicted octanol–water partition coefficient (Wildman–Crippen LogP) is 3.73. The zero-order chi connectivity index (χ0) is 8.69. The number of hydrogen-bond acceptors (Lipinski definition) is 1.